The van der Waals surface area contributed by atoms with Crippen molar-refractivity contribution < 1.29 is 9.53 Å². The number of piperidine rings is 1. The van der Waals surface area contributed by atoms with Gasteiger partial charge in [0.15, 0.2) is 0 Å². The van der Waals surface area contributed by atoms with E-state index in [1.54, 1.807) is 0 Å². The highest BCUT2D eigenvalue weighted by atomic mass is 16.5. The van der Waals surface area contributed by atoms with Crippen molar-refractivity contribution in [2.24, 2.45) is 0 Å². The molecule has 0 bridgehead atoms. The molecule has 0 saturated carbocycles. The van der Waals surface area contributed by atoms with Crippen LogP contribution in [0.15, 0.2) is 24.3 Å². The summed E-state index contributed by atoms with van der Waals surface area (Å²) < 4.78 is 8.09. The highest BCUT2D eigenvalue weighted by Gasteiger charge is 2.24. The molecule has 5 nitrogen and oxygen atoms in total. The number of carbonyl (C=O) groups excluding carboxylic acids is 1. The first-order chi connectivity index (χ1) is 12.2. The second kappa shape index (κ2) is 7.08. The predicted molar refractivity (Wildman–Crippen MR) is 99.4 cm³/mol. The molecule has 134 valence electrons. The fourth-order valence-electron chi connectivity index (χ4n) is 4.04. The van der Waals surface area contributed by atoms with Crippen molar-refractivity contribution in [2.45, 2.75) is 38.6 Å². The summed E-state index contributed by atoms with van der Waals surface area (Å²) in [5.74, 6) is 0.903. The summed E-state index contributed by atoms with van der Waals surface area (Å²) in [6.45, 7) is 7.16. The number of carbonyl (C=O) groups is 1. The van der Waals surface area contributed by atoms with Crippen molar-refractivity contribution in [1.82, 2.24) is 14.8 Å². The number of nitrogens with zero attached hydrogens (tertiary/aromatic N) is 2. The normalized spacial score (nSPS) is 21.2. The molecule has 2 aliphatic heterocycles. The van der Waals surface area contributed by atoms with Crippen LogP contribution in [0, 0.1) is 0 Å². The standard InChI is InChI=1S/C20H27N3O2/c1-15-14-21-20(24)19-13-16-12-17(6-7-18(16)23(15)19)25-11-5-10-22-8-3-2-4-9-22/h6-7,12-13,15H,2-5,8-11,14H2,1H3,(H,21,24)/t15-/m1/s1. The molecule has 2 aliphatic rings. The molecular weight excluding hydrogens is 314 g/mol. The molecule has 1 aromatic carbocycles. The van der Waals surface area contributed by atoms with E-state index < -0.39 is 0 Å². The molecule has 1 atom stereocenters. The number of hydrogen-bond donors (Lipinski definition) is 1. The summed E-state index contributed by atoms with van der Waals surface area (Å²) in [5, 5.41) is 4.02. The third-order valence-electron chi connectivity index (χ3n) is 5.38. The average Bonchev–Trinajstić information content (AvgIpc) is 3.03. The summed E-state index contributed by atoms with van der Waals surface area (Å²) in [5.41, 5.74) is 1.86. The van der Waals surface area contributed by atoms with E-state index in [-0.39, 0.29) is 11.9 Å². The monoisotopic (exact) mass is 341 g/mol. The highest BCUT2D eigenvalue weighted by Crippen LogP contribution is 2.29. The third-order valence-corrected chi connectivity index (χ3v) is 5.38. The van der Waals surface area contributed by atoms with Crippen LogP contribution in [-0.4, -0.2) is 48.2 Å². The summed E-state index contributed by atoms with van der Waals surface area (Å²) in [6.07, 6.45) is 5.11. The number of fused-ring (bicyclic) bond motifs is 3. The molecule has 1 fully saturated rings. The van der Waals surface area contributed by atoms with Crippen LogP contribution >= 0.6 is 0 Å². The summed E-state index contributed by atoms with van der Waals surface area (Å²) in [4.78, 5) is 14.6. The first kappa shape index (κ1) is 16.5. The van der Waals surface area contributed by atoms with Crippen LogP contribution in [0.2, 0.25) is 0 Å². The number of aromatic nitrogens is 1. The van der Waals surface area contributed by atoms with Crippen LogP contribution in [0.1, 0.15) is 49.1 Å². The lowest BCUT2D eigenvalue weighted by Gasteiger charge is -2.26. The van der Waals surface area contributed by atoms with E-state index in [1.165, 1.54) is 32.4 Å². The van der Waals surface area contributed by atoms with E-state index in [2.05, 4.69) is 33.8 Å². The zero-order valence-corrected chi connectivity index (χ0v) is 15.0. The lowest BCUT2D eigenvalue weighted by molar-refractivity contribution is 0.0919. The second-order valence-corrected chi connectivity index (χ2v) is 7.28. The molecule has 5 heteroatoms. The van der Waals surface area contributed by atoms with E-state index in [1.807, 2.05) is 12.1 Å². The van der Waals surface area contributed by atoms with Crippen molar-refractivity contribution >= 4 is 16.8 Å². The third kappa shape index (κ3) is 3.38. The number of benzene rings is 1. The van der Waals surface area contributed by atoms with Gasteiger partial charge in [-0.25, -0.2) is 0 Å². The molecule has 0 aliphatic carbocycles. The maximum Gasteiger partial charge on any atom is 0.268 e. The first-order valence-corrected chi connectivity index (χ1v) is 9.51. The minimum absolute atomic E-state index is 0.0123. The molecular formula is C20H27N3O2. The lowest BCUT2D eigenvalue weighted by atomic mass is 10.1. The van der Waals surface area contributed by atoms with Crippen molar-refractivity contribution in [2.75, 3.05) is 32.8 Å². The van der Waals surface area contributed by atoms with Crippen LogP contribution < -0.4 is 10.1 Å². The smallest absolute Gasteiger partial charge is 0.268 e. The lowest BCUT2D eigenvalue weighted by Crippen LogP contribution is -2.37. The Balaban J connectivity index is 1.40. The highest BCUT2D eigenvalue weighted by molar-refractivity contribution is 6.00. The number of likely N-dealkylation sites (tertiary alicyclic amines) is 1. The van der Waals surface area contributed by atoms with Crippen molar-refractivity contribution in [3.8, 4) is 5.75 Å². The summed E-state index contributed by atoms with van der Waals surface area (Å²) in [7, 11) is 0. The molecule has 4 rings (SSSR count). The van der Waals surface area contributed by atoms with Gasteiger partial charge < -0.3 is 19.5 Å². The predicted octanol–water partition coefficient (Wildman–Crippen LogP) is 3.20. The Morgan fingerprint density at radius 3 is 2.88 bits per heavy atom. The van der Waals surface area contributed by atoms with Gasteiger partial charge in [0.2, 0.25) is 0 Å². The topological polar surface area (TPSA) is 46.5 Å². The van der Waals surface area contributed by atoms with Gasteiger partial charge in [0.05, 0.1) is 6.61 Å². The minimum Gasteiger partial charge on any atom is -0.494 e. The Labute approximate surface area is 148 Å². The summed E-state index contributed by atoms with van der Waals surface area (Å²) in [6, 6.07) is 8.41. The Bertz CT molecular complexity index is 762. The van der Waals surface area contributed by atoms with Crippen molar-refractivity contribution in [1.29, 1.82) is 0 Å². The van der Waals surface area contributed by atoms with Crippen LogP contribution in [0.5, 0.6) is 5.75 Å². The first-order valence-electron chi connectivity index (χ1n) is 9.51. The number of nitrogens with one attached hydrogen (secondary N) is 1. The maximum atomic E-state index is 12.1. The molecule has 0 unspecified atom stereocenters. The maximum absolute atomic E-state index is 12.1. The molecule has 2 aromatic rings. The van der Waals surface area contributed by atoms with Gasteiger partial charge in [0.1, 0.15) is 11.4 Å². The molecule has 25 heavy (non-hydrogen) atoms. The number of rotatable bonds is 5. The SMILES string of the molecule is C[C@@H]1CNC(=O)c2cc3cc(OCCCN4CCCCC4)ccc3n21. The van der Waals surface area contributed by atoms with Gasteiger partial charge in [0, 0.05) is 30.0 Å². The van der Waals surface area contributed by atoms with Gasteiger partial charge in [-0.3, -0.25) is 4.79 Å². The zero-order valence-electron chi connectivity index (χ0n) is 15.0. The molecule has 1 saturated heterocycles. The average molecular weight is 341 g/mol. The van der Waals surface area contributed by atoms with Gasteiger partial charge in [-0.05, 0) is 63.5 Å². The van der Waals surface area contributed by atoms with Crippen molar-refractivity contribution in [3.63, 3.8) is 0 Å². The number of ether oxygens (including phenoxy) is 1. The van der Waals surface area contributed by atoms with E-state index >= 15 is 0 Å². The summed E-state index contributed by atoms with van der Waals surface area (Å²) >= 11 is 0. The van der Waals surface area contributed by atoms with Crippen LogP contribution in [0.4, 0.5) is 0 Å². The van der Waals surface area contributed by atoms with Gasteiger partial charge in [-0.15, -0.1) is 0 Å². The molecule has 1 N–H and O–H groups in total. The largest absolute Gasteiger partial charge is 0.494 e. The van der Waals surface area contributed by atoms with Crippen LogP contribution in [-0.2, 0) is 0 Å². The van der Waals surface area contributed by atoms with Gasteiger partial charge in [-0.1, -0.05) is 6.42 Å². The fraction of sp³-hybridized carbons (Fsp3) is 0.550. The zero-order chi connectivity index (χ0) is 17.2. The van der Waals surface area contributed by atoms with Crippen molar-refractivity contribution in [3.05, 3.63) is 30.0 Å². The van der Waals surface area contributed by atoms with E-state index in [0.29, 0.717) is 6.54 Å². The molecule has 0 radical (unpaired) electrons. The fourth-order valence-corrected chi connectivity index (χ4v) is 4.04. The van der Waals surface area contributed by atoms with E-state index in [9.17, 15) is 4.79 Å². The Hall–Kier alpha value is -2.01. The Kier molecular flexibility index (Phi) is 4.66. The number of amides is 1. The second-order valence-electron chi connectivity index (χ2n) is 7.28. The van der Waals surface area contributed by atoms with E-state index in [4.69, 9.17) is 4.74 Å². The van der Waals surface area contributed by atoms with Crippen LogP contribution in [0.3, 0.4) is 0 Å². The van der Waals surface area contributed by atoms with Crippen LogP contribution in [0.25, 0.3) is 10.9 Å². The molecule has 3 heterocycles. The van der Waals surface area contributed by atoms with Gasteiger partial charge in [-0.2, -0.15) is 0 Å². The quantitative estimate of drug-likeness (QED) is 0.850. The molecule has 1 amide bonds. The Morgan fingerprint density at radius 2 is 2.04 bits per heavy atom. The minimum atomic E-state index is 0.0123. The van der Waals surface area contributed by atoms with E-state index in [0.717, 1.165) is 41.9 Å². The Morgan fingerprint density at radius 1 is 1.20 bits per heavy atom. The molecule has 0 spiro atoms. The van der Waals surface area contributed by atoms with Gasteiger partial charge >= 0.3 is 0 Å². The van der Waals surface area contributed by atoms with Gasteiger partial charge in [0.25, 0.3) is 5.91 Å². The number of hydrogen-bond acceptors (Lipinski definition) is 3. The molecule has 1 aromatic heterocycles.